The molecule has 2 heterocycles. The van der Waals surface area contributed by atoms with Crippen LogP contribution in [0.15, 0.2) is 53.4 Å². The highest BCUT2D eigenvalue weighted by Gasteiger charge is 2.48. The van der Waals surface area contributed by atoms with Gasteiger partial charge in [0.2, 0.25) is 5.91 Å². The summed E-state index contributed by atoms with van der Waals surface area (Å²) in [6.45, 7) is 3.73. The molecule has 2 aliphatic rings. The number of rotatable bonds is 7. The molecule has 0 aliphatic carbocycles. The number of halogens is 4. The average Bonchev–Trinajstić information content (AvgIpc) is 3.32. The molecule has 2 fully saturated rings. The monoisotopic (exact) mass is 575 g/mol. The molecule has 7 nitrogen and oxygen atoms in total. The Kier molecular flexibility index (Phi) is 9.39. The minimum absolute atomic E-state index is 0. The van der Waals surface area contributed by atoms with Gasteiger partial charge in [0.1, 0.15) is 17.4 Å². The zero-order valence-corrected chi connectivity index (χ0v) is 22.9. The van der Waals surface area contributed by atoms with Gasteiger partial charge in [0.25, 0.3) is 0 Å². The predicted octanol–water partition coefficient (Wildman–Crippen LogP) is 5.04. The Morgan fingerprint density at radius 2 is 1.87 bits per heavy atom. The first-order valence-corrected chi connectivity index (χ1v) is 14.2. The summed E-state index contributed by atoms with van der Waals surface area (Å²) >= 11 is 0. The second kappa shape index (κ2) is 11.8. The number of amides is 1. The van der Waals surface area contributed by atoms with Crippen LogP contribution in [0, 0.1) is 4.78 Å². The molecule has 38 heavy (non-hydrogen) atoms. The Morgan fingerprint density at radius 3 is 2.47 bits per heavy atom. The molecule has 0 radical (unpaired) electrons. The van der Waals surface area contributed by atoms with Crippen LogP contribution in [0.3, 0.4) is 0 Å². The van der Waals surface area contributed by atoms with Crippen LogP contribution < -0.4 is 10.1 Å². The normalized spacial score (nSPS) is 22.1. The Labute approximate surface area is 227 Å². The molecule has 2 saturated heterocycles. The molecule has 2 aromatic carbocycles. The molecular weight excluding hydrogens is 543 g/mol. The Hall–Kier alpha value is -2.34. The lowest BCUT2D eigenvalue weighted by atomic mass is 9.86. The third-order valence-electron chi connectivity index (χ3n) is 7.13. The highest BCUT2D eigenvalue weighted by atomic mass is 35.5. The van der Waals surface area contributed by atoms with Crippen LogP contribution in [0.4, 0.5) is 13.2 Å². The zero-order valence-electron chi connectivity index (χ0n) is 21.3. The first-order chi connectivity index (χ1) is 17.4. The number of nitrogens with zero attached hydrogens (tertiary/aromatic N) is 1. The summed E-state index contributed by atoms with van der Waals surface area (Å²) in [6.07, 6.45) is -1.84. The van der Waals surface area contributed by atoms with E-state index in [4.69, 9.17) is 14.3 Å². The van der Waals surface area contributed by atoms with Crippen molar-refractivity contribution in [3.63, 3.8) is 0 Å². The molecule has 0 saturated carbocycles. The molecule has 2 aliphatic heterocycles. The van der Waals surface area contributed by atoms with Gasteiger partial charge in [-0.25, -0.2) is 8.99 Å². The summed E-state index contributed by atoms with van der Waals surface area (Å²) in [5.41, 5.74) is -0.738. The van der Waals surface area contributed by atoms with Crippen LogP contribution in [0.25, 0.3) is 0 Å². The SMILES string of the molecule is C[C@H](NC(=O)C1(N2CC[C@@H](Oc3cccc(C(F)(F)F)c3)C2)CCOCC1)c1ccc(S(C)(=N)=O)cc1.Cl. The molecule has 2 aromatic rings. The van der Waals surface area contributed by atoms with Crippen molar-refractivity contribution < 1.29 is 31.6 Å². The molecule has 3 atom stereocenters. The number of carbonyl (C=O) groups excluding carboxylic acids is 1. The van der Waals surface area contributed by atoms with Gasteiger partial charge in [-0.05, 0) is 62.1 Å². The first-order valence-electron chi connectivity index (χ1n) is 12.2. The fourth-order valence-corrected chi connectivity index (χ4v) is 5.63. The summed E-state index contributed by atoms with van der Waals surface area (Å²) in [5.74, 6) is 0.0276. The maximum atomic E-state index is 13.7. The van der Waals surface area contributed by atoms with Gasteiger partial charge in [0, 0.05) is 37.5 Å². The van der Waals surface area contributed by atoms with E-state index in [1.807, 2.05) is 6.92 Å². The second-order valence-electron chi connectivity index (χ2n) is 9.75. The van der Waals surface area contributed by atoms with Crippen molar-refractivity contribution >= 4 is 28.0 Å². The number of benzene rings is 2. The highest BCUT2D eigenvalue weighted by Crippen LogP contribution is 2.35. The maximum Gasteiger partial charge on any atom is 0.416 e. The molecule has 2 N–H and O–H groups in total. The number of hydrogen-bond acceptors (Lipinski definition) is 6. The van der Waals surface area contributed by atoms with Gasteiger partial charge < -0.3 is 14.8 Å². The van der Waals surface area contributed by atoms with Gasteiger partial charge in [-0.2, -0.15) is 13.2 Å². The predicted molar refractivity (Wildman–Crippen MR) is 140 cm³/mol. The third kappa shape index (κ3) is 6.80. The topological polar surface area (TPSA) is 91.7 Å². The van der Waals surface area contributed by atoms with Crippen LogP contribution >= 0.6 is 12.4 Å². The third-order valence-corrected chi connectivity index (χ3v) is 8.31. The fourth-order valence-electron chi connectivity index (χ4n) is 4.98. The van der Waals surface area contributed by atoms with Crippen molar-refractivity contribution in [2.24, 2.45) is 0 Å². The van der Waals surface area contributed by atoms with E-state index in [0.717, 1.165) is 17.7 Å². The first kappa shape index (κ1) is 30.2. The van der Waals surface area contributed by atoms with Crippen LogP contribution in [0.2, 0.25) is 0 Å². The number of likely N-dealkylation sites (tertiary alicyclic amines) is 1. The molecule has 0 spiro atoms. The summed E-state index contributed by atoms with van der Waals surface area (Å²) in [4.78, 5) is 16.2. The molecule has 0 bridgehead atoms. The smallest absolute Gasteiger partial charge is 0.416 e. The summed E-state index contributed by atoms with van der Waals surface area (Å²) in [6, 6.07) is 11.4. The van der Waals surface area contributed by atoms with E-state index < -0.39 is 27.0 Å². The molecular formula is C26H33ClF3N3O4S. The molecule has 12 heteroatoms. The number of ether oxygens (including phenoxy) is 2. The maximum absolute atomic E-state index is 13.7. The van der Waals surface area contributed by atoms with Crippen molar-refractivity contribution in [2.75, 3.05) is 32.6 Å². The van der Waals surface area contributed by atoms with E-state index in [0.29, 0.717) is 50.5 Å². The van der Waals surface area contributed by atoms with Crippen LogP contribution in [-0.2, 0) is 25.4 Å². The van der Waals surface area contributed by atoms with Crippen LogP contribution in [0.1, 0.15) is 43.4 Å². The largest absolute Gasteiger partial charge is 0.489 e. The van der Waals surface area contributed by atoms with E-state index in [9.17, 15) is 22.2 Å². The van der Waals surface area contributed by atoms with Gasteiger partial charge >= 0.3 is 6.18 Å². The van der Waals surface area contributed by atoms with Crippen molar-refractivity contribution in [2.45, 2.75) is 54.9 Å². The number of nitrogens with one attached hydrogen (secondary N) is 2. The molecule has 0 aromatic heterocycles. The van der Waals surface area contributed by atoms with Gasteiger partial charge in [0.05, 0.1) is 21.3 Å². The van der Waals surface area contributed by atoms with Gasteiger partial charge in [-0.3, -0.25) is 9.69 Å². The van der Waals surface area contributed by atoms with Gasteiger partial charge in [0.15, 0.2) is 0 Å². The van der Waals surface area contributed by atoms with E-state index in [2.05, 4.69) is 10.2 Å². The van der Waals surface area contributed by atoms with Crippen molar-refractivity contribution in [3.8, 4) is 5.75 Å². The molecule has 210 valence electrons. The van der Waals surface area contributed by atoms with E-state index in [-0.39, 0.29) is 36.2 Å². The number of alkyl halides is 3. The standard InChI is InChI=1S/C26H32F3N3O4S.ClH/c1-18(19-6-8-23(9-7-19)37(2,30)34)31-24(33)25(11-14-35-15-12-25)32-13-10-22(17-32)36-21-5-3-4-20(16-21)26(27,28)29;/h3-9,16,18,22,30H,10-15,17H2,1-2H3,(H,31,33);1H/t18-,22+,37?;/m0./s1. The molecule has 1 unspecified atom stereocenters. The summed E-state index contributed by atoms with van der Waals surface area (Å²) in [7, 11) is -2.82. The average molecular weight is 576 g/mol. The Bertz CT molecular complexity index is 1220. The lowest BCUT2D eigenvalue weighted by molar-refractivity contribution is -0.141. The van der Waals surface area contributed by atoms with Crippen LogP contribution in [-0.4, -0.2) is 59.2 Å². The number of carbonyl (C=O) groups is 1. The molecule has 4 rings (SSSR count). The minimum Gasteiger partial charge on any atom is -0.489 e. The van der Waals surface area contributed by atoms with Gasteiger partial charge in [-0.15, -0.1) is 12.4 Å². The lowest BCUT2D eigenvalue weighted by Gasteiger charge is -2.43. The van der Waals surface area contributed by atoms with Crippen molar-refractivity contribution in [1.29, 1.82) is 4.78 Å². The zero-order chi connectivity index (χ0) is 26.8. The van der Waals surface area contributed by atoms with E-state index in [1.165, 1.54) is 18.4 Å². The Morgan fingerprint density at radius 1 is 1.21 bits per heavy atom. The lowest BCUT2D eigenvalue weighted by Crippen LogP contribution is -2.61. The van der Waals surface area contributed by atoms with Crippen LogP contribution in [0.5, 0.6) is 5.75 Å². The highest BCUT2D eigenvalue weighted by molar-refractivity contribution is 7.91. The fraction of sp³-hybridized carbons (Fsp3) is 0.500. The molecule has 1 amide bonds. The quantitative estimate of drug-likeness (QED) is 0.482. The second-order valence-corrected chi connectivity index (χ2v) is 11.9. The van der Waals surface area contributed by atoms with Gasteiger partial charge in [-0.1, -0.05) is 18.2 Å². The van der Waals surface area contributed by atoms with E-state index in [1.54, 1.807) is 24.3 Å². The number of hydrogen-bond donors (Lipinski definition) is 2. The summed E-state index contributed by atoms with van der Waals surface area (Å²) < 4.78 is 70.4. The Balaban J connectivity index is 0.00000400. The van der Waals surface area contributed by atoms with Crippen molar-refractivity contribution in [3.05, 3.63) is 59.7 Å². The van der Waals surface area contributed by atoms with E-state index >= 15 is 0 Å². The minimum atomic E-state index is -4.45. The summed E-state index contributed by atoms with van der Waals surface area (Å²) in [5, 5.41) is 3.11. The van der Waals surface area contributed by atoms with Crippen molar-refractivity contribution in [1.82, 2.24) is 10.2 Å².